The molecule has 2 atom stereocenters. The van der Waals surface area contributed by atoms with E-state index < -0.39 is 0 Å². The van der Waals surface area contributed by atoms with Crippen molar-refractivity contribution >= 4 is 0 Å². The number of ether oxygens (including phenoxy) is 1. The van der Waals surface area contributed by atoms with E-state index in [9.17, 15) is 0 Å². The molecule has 0 radical (unpaired) electrons. The largest absolute Gasteiger partial charge is 0.475 e. The van der Waals surface area contributed by atoms with Gasteiger partial charge in [0, 0.05) is 19.0 Å². The quantitative estimate of drug-likeness (QED) is 0.803. The number of hydrogen-bond donors (Lipinski definition) is 0. The van der Waals surface area contributed by atoms with Crippen LogP contribution < -0.4 is 4.74 Å². The van der Waals surface area contributed by atoms with Gasteiger partial charge in [-0.2, -0.15) is 0 Å². The van der Waals surface area contributed by atoms with Crippen LogP contribution in [-0.4, -0.2) is 43.7 Å². The first kappa shape index (κ1) is 16.0. The van der Waals surface area contributed by atoms with Gasteiger partial charge in [-0.15, -0.1) is 0 Å². The molecule has 0 spiro atoms. The van der Waals surface area contributed by atoms with Crippen LogP contribution >= 0.6 is 0 Å². The van der Waals surface area contributed by atoms with Crippen molar-refractivity contribution in [3.8, 4) is 5.75 Å². The fraction of sp³-hybridized carbons (Fsp3) is 0.400. The van der Waals surface area contributed by atoms with E-state index in [4.69, 9.17) is 4.74 Å². The molecule has 2 unspecified atom stereocenters. The van der Waals surface area contributed by atoms with Gasteiger partial charge in [-0.25, -0.2) is 0 Å². The van der Waals surface area contributed by atoms with Gasteiger partial charge in [0.05, 0.1) is 0 Å². The van der Waals surface area contributed by atoms with E-state index in [1.54, 1.807) is 0 Å². The molecule has 2 aromatic carbocycles. The summed E-state index contributed by atoms with van der Waals surface area (Å²) in [6.45, 7) is 4.11. The van der Waals surface area contributed by atoms with E-state index in [0.717, 1.165) is 18.8 Å². The lowest BCUT2D eigenvalue weighted by Gasteiger charge is -2.33. The predicted molar refractivity (Wildman–Crippen MR) is 94.8 cm³/mol. The van der Waals surface area contributed by atoms with E-state index in [-0.39, 0.29) is 6.23 Å². The van der Waals surface area contributed by atoms with Gasteiger partial charge in [0.2, 0.25) is 0 Å². The smallest absolute Gasteiger partial charge is 0.149 e. The Kier molecular flexibility index (Phi) is 4.69. The van der Waals surface area contributed by atoms with Gasteiger partial charge in [-0.05, 0) is 56.9 Å². The molecule has 122 valence electrons. The molecule has 1 heterocycles. The standard InChI is InChI=1S/C20H26N2O/c1-15(21(2)3)23-18-10-11-19-17(12-18)13-22(4)14-20(19)16-8-6-5-7-9-16/h5-12,15,20H,13-14H2,1-4H3. The van der Waals surface area contributed by atoms with Gasteiger partial charge in [0.25, 0.3) is 0 Å². The van der Waals surface area contributed by atoms with Crippen LogP contribution in [0.15, 0.2) is 48.5 Å². The van der Waals surface area contributed by atoms with Gasteiger partial charge in [-0.3, -0.25) is 4.90 Å². The summed E-state index contributed by atoms with van der Waals surface area (Å²) in [5.41, 5.74) is 4.19. The highest BCUT2D eigenvalue weighted by molar-refractivity contribution is 5.44. The predicted octanol–water partition coefficient (Wildman–Crippen LogP) is 3.55. The first-order chi connectivity index (χ1) is 11.0. The third-order valence-corrected chi connectivity index (χ3v) is 4.66. The van der Waals surface area contributed by atoms with E-state index in [2.05, 4.69) is 72.3 Å². The summed E-state index contributed by atoms with van der Waals surface area (Å²) in [5, 5.41) is 0. The molecular weight excluding hydrogens is 284 g/mol. The van der Waals surface area contributed by atoms with Crippen LogP contribution in [0.5, 0.6) is 5.75 Å². The van der Waals surface area contributed by atoms with E-state index in [0.29, 0.717) is 5.92 Å². The zero-order valence-corrected chi connectivity index (χ0v) is 14.5. The Labute approximate surface area is 139 Å². The van der Waals surface area contributed by atoms with Crippen molar-refractivity contribution in [2.45, 2.75) is 25.6 Å². The summed E-state index contributed by atoms with van der Waals surface area (Å²) in [4.78, 5) is 4.46. The Morgan fingerprint density at radius 3 is 2.57 bits per heavy atom. The lowest BCUT2D eigenvalue weighted by Crippen LogP contribution is -2.32. The Bertz CT molecular complexity index is 654. The highest BCUT2D eigenvalue weighted by Gasteiger charge is 2.25. The van der Waals surface area contributed by atoms with Crippen LogP contribution in [0.25, 0.3) is 0 Å². The molecule has 0 aromatic heterocycles. The normalized spacial score (nSPS) is 19.4. The molecule has 0 bridgehead atoms. The minimum Gasteiger partial charge on any atom is -0.475 e. The monoisotopic (exact) mass is 310 g/mol. The zero-order chi connectivity index (χ0) is 16.4. The highest BCUT2D eigenvalue weighted by Crippen LogP contribution is 2.34. The minimum absolute atomic E-state index is 0.0688. The van der Waals surface area contributed by atoms with Crippen LogP contribution in [0.3, 0.4) is 0 Å². The number of rotatable bonds is 4. The third kappa shape index (κ3) is 3.57. The Morgan fingerprint density at radius 1 is 1.13 bits per heavy atom. The molecule has 3 nitrogen and oxygen atoms in total. The number of likely N-dealkylation sites (N-methyl/N-ethyl adjacent to an activating group) is 1. The van der Waals surface area contributed by atoms with Crippen molar-refractivity contribution in [3.63, 3.8) is 0 Å². The van der Waals surface area contributed by atoms with Crippen LogP contribution in [-0.2, 0) is 6.54 Å². The minimum atomic E-state index is 0.0688. The summed E-state index contributed by atoms with van der Waals surface area (Å²) >= 11 is 0. The van der Waals surface area contributed by atoms with Gasteiger partial charge < -0.3 is 9.64 Å². The Balaban J connectivity index is 1.91. The fourth-order valence-corrected chi connectivity index (χ4v) is 3.17. The highest BCUT2D eigenvalue weighted by atomic mass is 16.5. The summed E-state index contributed by atoms with van der Waals surface area (Å²) in [6, 6.07) is 17.4. The van der Waals surface area contributed by atoms with Crippen molar-refractivity contribution < 1.29 is 4.74 Å². The lowest BCUT2D eigenvalue weighted by atomic mass is 9.85. The molecule has 23 heavy (non-hydrogen) atoms. The average Bonchev–Trinajstić information content (AvgIpc) is 2.54. The van der Waals surface area contributed by atoms with Gasteiger partial charge in [-0.1, -0.05) is 36.4 Å². The molecule has 0 fully saturated rings. The average molecular weight is 310 g/mol. The van der Waals surface area contributed by atoms with Crippen molar-refractivity contribution in [1.82, 2.24) is 9.80 Å². The maximum absolute atomic E-state index is 6.03. The molecule has 0 amide bonds. The van der Waals surface area contributed by atoms with E-state index >= 15 is 0 Å². The van der Waals surface area contributed by atoms with Gasteiger partial charge in [0.15, 0.2) is 0 Å². The maximum atomic E-state index is 6.03. The third-order valence-electron chi connectivity index (χ3n) is 4.66. The first-order valence-corrected chi connectivity index (χ1v) is 8.24. The molecule has 0 saturated heterocycles. The molecule has 3 rings (SSSR count). The molecule has 3 heteroatoms. The van der Waals surface area contributed by atoms with Crippen molar-refractivity contribution in [1.29, 1.82) is 0 Å². The molecule has 0 aliphatic carbocycles. The van der Waals surface area contributed by atoms with E-state index in [1.807, 2.05) is 14.1 Å². The molecule has 0 N–H and O–H groups in total. The maximum Gasteiger partial charge on any atom is 0.149 e. The second-order valence-corrected chi connectivity index (χ2v) is 6.70. The van der Waals surface area contributed by atoms with Crippen LogP contribution in [0.1, 0.15) is 29.5 Å². The van der Waals surface area contributed by atoms with Crippen molar-refractivity contribution in [3.05, 3.63) is 65.2 Å². The number of hydrogen-bond acceptors (Lipinski definition) is 3. The van der Waals surface area contributed by atoms with Crippen molar-refractivity contribution in [2.75, 3.05) is 27.7 Å². The Morgan fingerprint density at radius 2 is 1.87 bits per heavy atom. The summed E-state index contributed by atoms with van der Waals surface area (Å²) < 4.78 is 6.03. The molecule has 2 aromatic rings. The zero-order valence-electron chi connectivity index (χ0n) is 14.5. The molecular formula is C20H26N2O. The van der Waals surface area contributed by atoms with Crippen LogP contribution in [0.4, 0.5) is 0 Å². The number of fused-ring (bicyclic) bond motifs is 1. The topological polar surface area (TPSA) is 15.7 Å². The second-order valence-electron chi connectivity index (χ2n) is 6.70. The lowest BCUT2D eigenvalue weighted by molar-refractivity contribution is 0.0813. The van der Waals surface area contributed by atoms with Crippen molar-refractivity contribution in [2.24, 2.45) is 0 Å². The summed E-state index contributed by atoms with van der Waals surface area (Å²) in [7, 11) is 6.25. The molecule has 0 saturated carbocycles. The Hall–Kier alpha value is -1.84. The van der Waals surface area contributed by atoms with Gasteiger partial charge >= 0.3 is 0 Å². The molecule has 1 aliphatic heterocycles. The van der Waals surface area contributed by atoms with Crippen LogP contribution in [0.2, 0.25) is 0 Å². The number of nitrogens with zero attached hydrogens (tertiary/aromatic N) is 2. The van der Waals surface area contributed by atoms with Crippen LogP contribution in [0, 0.1) is 0 Å². The SMILES string of the molecule is CC(Oc1ccc2c(c1)CN(C)CC2c1ccccc1)N(C)C. The molecule has 1 aliphatic rings. The second kappa shape index (κ2) is 6.73. The fourth-order valence-electron chi connectivity index (χ4n) is 3.17. The van der Waals surface area contributed by atoms with E-state index in [1.165, 1.54) is 16.7 Å². The van der Waals surface area contributed by atoms with Gasteiger partial charge in [0.1, 0.15) is 12.0 Å². The first-order valence-electron chi connectivity index (χ1n) is 8.24. The summed E-state index contributed by atoms with van der Waals surface area (Å²) in [5.74, 6) is 1.39. The summed E-state index contributed by atoms with van der Waals surface area (Å²) in [6.07, 6.45) is 0.0688. The number of benzene rings is 2.